The van der Waals surface area contributed by atoms with Crippen molar-refractivity contribution in [1.82, 2.24) is 10.3 Å². The van der Waals surface area contributed by atoms with Crippen LogP contribution in [0.3, 0.4) is 0 Å². The van der Waals surface area contributed by atoms with Crippen molar-refractivity contribution < 1.29 is 19.1 Å². The van der Waals surface area contributed by atoms with Gasteiger partial charge >= 0.3 is 6.09 Å². The molecule has 1 N–H and O–H groups in total. The number of alkyl carbamates (subject to hydrolysis) is 1. The lowest BCUT2D eigenvalue weighted by Gasteiger charge is -2.43. The summed E-state index contributed by atoms with van der Waals surface area (Å²) >= 11 is 0. The number of ether oxygens (including phenoxy) is 2. The summed E-state index contributed by atoms with van der Waals surface area (Å²) in [7, 11) is 0. The molecule has 1 aliphatic rings. The second-order valence-corrected chi connectivity index (χ2v) is 8.37. The molecule has 0 atom stereocenters. The van der Waals surface area contributed by atoms with Gasteiger partial charge in [0.05, 0.1) is 12.3 Å². The molecule has 6 heteroatoms. The molecule has 0 unspecified atom stereocenters. The van der Waals surface area contributed by atoms with Crippen molar-refractivity contribution in [3.8, 4) is 5.75 Å². The zero-order valence-electron chi connectivity index (χ0n) is 17.2. The summed E-state index contributed by atoms with van der Waals surface area (Å²) in [5.74, 6) is 0.704. The van der Waals surface area contributed by atoms with Crippen molar-refractivity contribution in [2.24, 2.45) is 0 Å². The number of carbonyl (C=O) groups is 2. The highest BCUT2D eigenvalue weighted by Gasteiger charge is 2.40. The molecule has 0 aromatic carbocycles. The first-order valence-electron chi connectivity index (χ1n) is 9.78. The summed E-state index contributed by atoms with van der Waals surface area (Å²) in [6.07, 6.45) is 5.65. The van der Waals surface area contributed by atoms with Crippen LogP contribution in [0, 0.1) is 6.92 Å². The molecule has 150 valence electrons. The number of rotatable bonds is 8. The van der Waals surface area contributed by atoms with Gasteiger partial charge < -0.3 is 14.8 Å². The predicted molar refractivity (Wildman–Crippen MR) is 104 cm³/mol. The molecule has 0 spiro atoms. The van der Waals surface area contributed by atoms with Crippen LogP contribution in [0.4, 0.5) is 4.79 Å². The van der Waals surface area contributed by atoms with Gasteiger partial charge in [0.1, 0.15) is 17.0 Å². The van der Waals surface area contributed by atoms with Crippen LogP contribution in [0.2, 0.25) is 0 Å². The van der Waals surface area contributed by atoms with Crippen molar-refractivity contribution >= 4 is 12.4 Å². The summed E-state index contributed by atoms with van der Waals surface area (Å²) in [4.78, 5) is 28.2. The van der Waals surface area contributed by atoms with E-state index in [9.17, 15) is 9.59 Å². The van der Waals surface area contributed by atoms with Crippen molar-refractivity contribution in [3.05, 3.63) is 23.0 Å². The number of hydrogen-bond donors (Lipinski definition) is 1. The Balaban J connectivity index is 2.18. The minimum absolute atomic E-state index is 0.391. The number of carbonyl (C=O) groups excluding carboxylic acids is 2. The second kappa shape index (κ2) is 8.72. The minimum Gasteiger partial charge on any atom is -0.492 e. The maximum Gasteiger partial charge on any atom is 0.408 e. The van der Waals surface area contributed by atoms with Crippen LogP contribution in [0.1, 0.15) is 81.5 Å². The Hall–Kier alpha value is -2.11. The van der Waals surface area contributed by atoms with E-state index >= 15 is 0 Å². The maximum absolute atomic E-state index is 12.3. The molecule has 1 aliphatic carbocycles. The van der Waals surface area contributed by atoms with Gasteiger partial charge in [-0.05, 0) is 71.4 Å². The summed E-state index contributed by atoms with van der Waals surface area (Å²) in [5.41, 5.74) is 0.983. The Morgan fingerprint density at radius 2 is 2.07 bits per heavy atom. The van der Waals surface area contributed by atoms with E-state index < -0.39 is 17.2 Å². The number of aryl methyl sites for hydroxylation is 1. The number of pyridine rings is 1. The van der Waals surface area contributed by atoms with Crippen LogP contribution in [-0.4, -0.2) is 35.1 Å². The number of hydrogen-bond acceptors (Lipinski definition) is 5. The fraction of sp³-hybridized carbons (Fsp3) is 0.667. The van der Waals surface area contributed by atoms with Gasteiger partial charge in [0.15, 0.2) is 6.29 Å². The van der Waals surface area contributed by atoms with Gasteiger partial charge in [-0.3, -0.25) is 4.79 Å². The molecule has 0 bridgehead atoms. The molecular weight excluding hydrogens is 344 g/mol. The molecule has 1 saturated carbocycles. The SMILES string of the molecule is CCCCOc1cc(CC2(NC(=O)OC(C)(C)C)CCC2)c(C=O)nc1C. The van der Waals surface area contributed by atoms with Gasteiger partial charge in [0.2, 0.25) is 0 Å². The van der Waals surface area contributed by atoms with E-state index in [2.05, 4.69) is 17.2 Å². The van der Waals surface area contributed by atoms with Gasteiger partial charge in [-0.25, -0.2) is 9.78 Å². The zero-order chi connectivity index (χ0) is 20.1. The number of nitrogens with zero attached hydrogens (tertiary/aromatic N) is 1. The van der Waals surface area contributed by atoms with Crippen molar-refractivity contribution in [2.45, 2.75) is 84.3 Å². The third-order valence-corrected chi connectivity index (χ3v) is 4.75. The smallest absolute Gasteiger partial charge is 0.408 e. The number of amides is 1. The fourth-order valence-corrected chi connectivity index (χ4v) is 3.19. The van der Waals surface area contributed by atoms with E-state index in [0.29, 0.717) is 30.2 Å². The van der Waals surface area contributed by atoms with Crippen LogP contribution in [0.15, 0.2) is 6.07 Å². The van der Waals surface area contributed by atoms with Crippen LogP contribution in [-0.2, 0) is 11.2 Å². The average molecular weight is 376 g/mol. The van der Waals surface area contributed by atoms with Crippen molar-refractivity contribution in [2.75, 3.05) is 6.61 Å². The van der Waals surface area contributed by atoms with Crippen LogP contribution in [0.5, 0.6) is 5.75 Å². The lowest BCUT2D eigenvalue weighted by atomic mass is 9.72. The highest BCUT2D eigenvalue weighted by atomic mass is 16.6. The second-order valence-electron chi connectivity index (χ2n) is 8.37. The Bertz CT molecular complexity index is 675. The highest BCUT2D eigenvalue weighted by molar-refractivity contribution is 5.75. The standard InChI is InChI=1S/C21H32N2O4/c1-6-7-11-26-18-12-16(17(14-24)22-15(18)2)13-21(9-8-10-21)23-19(25)27-20(3,4)5/h12,14H,6-11,13H2,1-5H3,(H,23,25). The number of aldehydes is 1. The highest BCUT2D eigenvalue weighted by Crippen LogP contribution is 2.36. The molecule has 2 rings (SSSR count). The average Bonchev–Trinajstić information content (AvgIpc) is 2.53. The van der Waals surface area contributed by atoms with Gasteiger partial charge in [-0.15, -0.1) is 0 Å². The first-order chi connectivity index (χ1) is 12.7. The normalized spacial score (nSPS) is 15.6. The summed E-state index contributed by atoms with van der Waals surface area (Å²) in [5, 5.41) is 3.03. The van der Waals surface area contributed by atoms with Crippen LogP contribution in [0.25, 0.3) is 0 Å². The van der Waals surface area contributed by atoms with Gasteiger partial charge in [0.25, 0.3) is 0 Å². The fourth-order valence-electron chi connectivity index (χ4n) is 3.19. The number of nitrogens with one attached hydrogen (secondary N) is 1. The van der Waals surface area contributed by atoms with Gasteiger partial charge in [0, 0.05) is 5.54 Å². The first kappa shape index (κ1) is 21.2. The van der Waals surface area contributed by atoms with E-state index in [-0.39, 0.29) is 0 Å². The molecule has 0 aliphatic heterocycles. The van der Waals surface area contributed by atoms with E-state index in [4.69, 9.17) is 9.47 Å². The van der Waals surface area contributed by atoms with Crippen LogP contribution >= 0.6 is 0 Å². The molecule has 1 amide bonds. The molecule has 1 aromatic rings. The van der Waals surface area contributed by atoms with E-state index in [1.807, 2.05) is 33.8 Å². The largest absolute Gasteiger partial charge is 0.492 e. The van der Waals surface area contributed by atoms with E-state index in [0.717, 1.165) is 44.0 Å². The maximum atomic E-state index is 12.3. The minimum atomic E-state index is -0.547. The van der Waals surface area contributed by atoms with Crippen LogP contribution < -0.4 is 10.1 Å². The summed E-state index contributed by atoms with van der Waals surface area (Å²) in [6.45, 7) is 10.1. The third-order valence-electron chi connectivity index (χ3n) is 4.75. The molecule has 1 heterocycles. The van der Waals surface area contributed by atoms with Gasteiger partial charge in [-0.2, -0.15) is 0 Å². The lowest BCUT2D eigenvalue weighted by Crippen LogP contribution is -2.56. The van der Waals surface area contributed by atoms with Crippen molar-refractivity contribution in [3.63, 3.8) is 0 Å². The summed E-state index contributed by atoms with van der Waals surface area (Å²) in [6, 6.07) is 1.90. The molecule has 0 radical (unpaired) electrons. The monoisotopic (exact) mass is 376 g/mol. The zero-order valence-corrected chi connectivity index (χ0v) is 17.2. The Kier molecular flexibility index (Phi) is 6.84. The molecule has 1 aromatic heterocycles. The topological polar surface area (TPSA) is 77.5 Å². The Labute approximate surface area is 162 Å². The molecule has 6 nitrogen and oxygen atoms in total. The summed E-state index contributed by atoms with van der Waals surface area (Å²) < 4.78 is 11.3. The Morgan fingerprint density at radius 3 is 2.59 bits per heavy atom. The molecule has 1 fully saturated rings. The molecule has 0 saturated heterocycles. The Morgan fingerprint density at radius 1 is 1.37 bits per heavy atom. The predicted octanol–water partition coefficient (Wildman–Crippen LogP) is 4.37. The number of unbranched alkanes of at least 4 members (excludes halogenated alkanes) is 1. The number of aromatic nitrogens is 1. The van der Waals surface area contributed by atoms with Gasteiger partial charge in [-0.1, -0.05) is 13.3 Å². The first-order valence-corrected chi connectivity index (χ1v) is 9.78. The molecular formula is C21H32N2O4. The van der Waals surface area contributed by atoms with Crippen molar-refractivity contribution in [1.29, 1.82) is 0 Å². The quantitative estimate of drug-likeness (QED) is 0.538. The third kappa shape index (κ3) is 5.94. The van der Waals surface area contributed by atoms with E-state index in [1.54, 1.807) is 0 Å². The van der Waals surface area contributed by atoms with E-state index in [1.165, 1.54) is 0 Å². The lowest BCUT2D eigenvalue weighted by molar-refractivity contribution is 0.0383. The molecule has 27 heavy (non-hydrogen) atoms.